The zero-order valence-corrected chi connectivity index (χ0v) is 23.2. The molecule has 0 spiro atoms. The Morgan fingerprint density at radius 3 is 1.71 bits per heavy atom. The Labute approximate surface area is 229 Å². The van der Waals surface area contributed by atoms with E-state index >= 15 is 0 Å². The van der Waals surface area contributed by atoms with Crippen molar-refractivity contribution >= 4 is 5.57 Å². The third kappa shape index (κ3) is 7.00. The zero-order valence-electron chi connectivity index (χ0n) is 23.2. The Morgan fingerprint density at radius 2 is 1.16 bits per heavy atom. The zero-order chi connectivity index (χ0) is 26.9. The second-order valence-electron chi connectivity index (χ2n) is 10.3. The van der Waals surface area contributed by atoms with Crippen molar-refractivity contribution in [1.82, 2.24) is 0 Å². The van der Waals surface area contributed by atoms with Crippen LogP contribution in [0.3, 0.4) is 0 Å². The van der Waals surface area contributed by atoms with Crippen molar-refractivity contribution in [3.8, 4) is 33.4 Å². The SMILES string of the molecule is C=C(CCCc1ccc(-c2ccc(-c3ccc(-c4ccc(CCC)cc4)cc3)c(C(=C)C)c2)cc1)COC. The van der Waals surface area contributed by atoms with Crippen LogP contribution >= 0.6 is 0 Å². The van der Waals surface area contributed by atoms with E-state index < -0.39 is 0 Å². The number of hydrogen-bond donors (Lipinski definition) is 0. The summed E-state index contributed by atoms with van der Waals surface area (Å²) in [7, 11) is 1.72. The number of benzene rings is 4. The lowest BCUT2D eigenvalue weighted by Crippen LogP contribution is -1.94. The van der Waals surface area contributed by atoms with E-state index in [1.165, 1.54) is 56.5 Å². The van der Waals surface area contributed by atoms with Crippen molar-refractivity contribution in [2.75, 3.05) is 13.7 Å². The first-order chi connectivity index (χ1) is 18.5. The van der Waals surface area contributed by atoms with Crippen LogP contribution in [-0.4, -0.2) is 13.7 Å². The fraction of sp³-hybridized carbons (Fsp3) is 0.243. The monoisotopic (exact) mass is 500 g/mol. The van der Waals surface area contributed by atoms with Crippen LogP contribution in [-0.2, 0) is 17.6 Å². The molecule has 38 heavy (non-hydrogen) atoms. The molecule has 4 aromatic carbocycles. The van der Waals surface area contributed by atoms with E-state index in [2.05, 4.69) is 118 Å². The molecule has 0 aromatic heterocycles. The van der Waals surface area contributed by atoms with Gasteiger partial charge < -0.3 is 4.74 Å². The Bertz CT molecular complexity index is 1360. The average molecular weight is 501 g/mol. The van der Waals surface area contributed by atoms with Crippen LogP contribution in [0, 0.1) is 0 Å². The predicted octanol–water partition coefficient (Wildman–Crippen LogP) is 10.2. The third-order valence-corrected chi connectivity index (χ3v) is 7.13. The standard InChI is InChI=1S/C37H40O/c1-6-8-29-11-15-31(16-12-29)32-19-21-34(22-20-32)36-24-23-35(25-37(36)27(2)3)33-17-13-30(14-18-33)10-7-9-28(4)26-38-5/h11-25H,2,4,6-10,26H2,1,3,5H3. The lowest BCUT2D eigenvalue weighted by Gasteiger charge is -2.14. The molecule has 0 saturated carbocycles. The molecule has 0 unspecified atom stereocenters. The number of aryl methyl sites for hydroxylation is 2. The molecule has 0 radical (unpaired) electrons. The molecule has 0 aliphatic rings. The maximum atomic E-state index is 5.16. The molecule has 0 saturated heterocycles. The molecule has 4 aromatic rings. The van der Waals surface area contributed by atoms with Crippen LogP contribution in [0.5, 0.6) is 0 Å². The molecule has 1 heteroatoms. The number of allylic oxidation sites excluding steroid dienone is 1. The van der Waals surface area contributed by atoms with Crippen molar-refractivity contribution < 1.29 is 4.74 Å². The number of rotatable bonds is 12. The summed E-state index contributed by atoms with van der Waals surface area (Å²) in [6.07, 6.45) is 5.46. The fourth-order valence-corrected chi connectivity index (χ4v) is 5.01. The van der Waals surface area contributed by atoms with E-state index in [-0.39, 0.29) is 0 Å². The summed E-state index contributed by atoms with van der Waals surface area (Å²) in [4.78, 5) is 0. The van der Waals surface area contributed by atoms with Gasteiger partial charge in [0.1, 0.15) is 0 Å². The molecule has 0 aliphatic heterocycles. The van der Waals surface area contributed by atoms with Gasteiger partial charge in [-0.25, -0.2) is 0 Å². The van der Waals surface area contributed by atoms with Gasteiger partial charge in [-0.1, -0.05) is 123 Å². The Morgan fingerprint density at radius 1 is 0.658 bits per heavy atom. The van der Waals surface area contributed by atoms with Crippen LogP contribution in [0.2, 0.25) is 0 Å². The Hall–Kier alpha value is -3.68. The van der Waals surface area contributed by atoms with Gasteiger partial charge in [-0.2, -0.15) is 0 Å². The van der Waals surface area contributed by atoms with E-state index in [1.54, 1.807) is 7.11 Å². The third-order valence-electron chi connectivity index (χ3n) is 7.13. The van der Waals surface area contributed by atoms with E-state index in [4.69, 9.17) is 4.74 Å². The van der Waals surface area contributed by atoms with Crippen LogP contribution in [0.1, 0.15) is 49.8 Å². The van der Waals surface area contributed by atoms with Gasteiger partial charge in [0.15, 0.2) is 0 Å². The van der Waals surface area contributed by atoms with Gasteiger partial charge in [-0.15, -0.1) is 0 Å². The summed E-state index contributed by atoms with van der Waals surface area (Å²) >= 11 is 0. The minimum Gasteiger partial charge on any atom is -0.380 e. The summed E-state index contributed by atoms with van der Waals surface area (Å²) in [6, 6.07) is 33.6. The van der Waals surface area contributed by atoms with Crippen molar-refractivity contribution in [3.05, 3.63) is 126 Å². The van der Waals surface area contributed by atoms with Crippen molar-refractivity contribution in [2.24, 2.45) is 0 Å². The molecule has 0 N–H and O–H groups in total. The van der Waals surface area contributed by atoms with E-state index in [0.717, 1.165) is 36.8 Å². The van der Waals surface area contributed by atoms with Gasteiger partial charge in [-0.3, -0.25) is 0 Å². The second kappa shape index (κ2) is 13.2. The minimum absolute atomic E-state index is 0.650. The highest BCUT2D eigenvalue weighted by atomic mass is 16.5. The molecule has 0 atom stereocenters. The van der Waals surface area contributed by atoms with E-state index in [9.17, 15) is 0 Å². The number of ether oxygens (including phenoxy) is 1. The molecular formula is C37H40O. The highest BCUT2D eigenvalue weighted by Crippen LogP contribution is 2.34. The van der Waals surface area contributed by atoms with Crippen LogP contribution < -0.4 is 0 Å². The summed E-state index contributed by atoms with van der Waals surface area (Å²) < 4.78 is 5.16. The number of methoxy groups -OCH3 is 1. The summed E-state index contributed by atoms with van der Waals surface area (Å²) in [5.74, 6) is 0. The number of hydrogen-bond acceptors (Lipinski definition) is 1. The quantitative estimate of drug-likeness (QED) is 0.176. The molecule has 0 aliphatic carbocycles. The lowest BCUT2D eigenvalue weighted by molar-refractivity contribution is 0.223. The molecule has 194 valence electrons. The van der Waals surface area contributed by atoms with E-state index in [0.29, 0.717) is 6.61 Å². The van der Waals surface area contributed by atoms with E-state index in [1.807, 2.05) is 0 Å². The van der Waals surface area contributed by atoms with Gasteiger partial charge in [0.2, 0.25) is 0 Å². The molecule has 4 rings (SSSR count). The summed E-state index contributed by atoms with van der Waals surface area (Å²) in [6.45, 7) is 13.3. The van der Waals surface area contributed by atoms with Crippen LogP contribution in [0.4, 0.5) is 0 Å². The molecule has 0 heterocycles. The normalized spacial score (nSPS) is 10.9. The van der Waals surface area contributed by atoms with Crippen molar-refractivity contribution in [3.63, 3.8) is 0 Å². The predicted molar refractivity (Wildman–Crippen MR) is 165 cm³/mol. The maximum absolute atomic E-state index is 5.16. The second-order valence-corrected chi connectivity index (χ2v) is 10.3. The maximum Gasteiger partial charge on any atom is 0.0670 e. The topological polar surface area (TPSA) is 9.23 Å². The molecule has 0 fully saturated rings. The van der Waals surface area contributed by atoms with Gasteiger partial charge in [-0.05, 0) is 88.7 Å². The van der Waals surface area contributed by atoms with Crippen LogP contribution in [0.25, 0.3) is 39.0 Å². The van der Waals surface area contributed by atoms with Gasteiger partial charge in [0.05, 0.1) is 6.61 Å². The van der Waals surface area contributed by atoms with Gasteiger partial charge >= 0.3 is 0 Å². The first-order valence-corrected chi connectivity index (χ1v) is 13.7. The highest BCUT2D eigenvalue weighted by Gasteiger charge is 2.10. The molecule has 0 amide bonds. The molecule has 1 nitrogen and oxygen atoms in total. The van der Waals surface area contributed by atoms with Gasteiger partial charge in [0.25, 0.3) is 0 Å². The largest absolute Gasteiger partial charge is 0.380 e. The van der Waals surface area contributed by atoms with Crippen LogP contribution in [0.15, 0.2) is 110 Å². The van der Waals surface area contributed by atoms with Crippen molar-refractivity contribution in [1.29, 1.82) is 0 Å². The Kier molecular flexibility index (Phi) is 9.51. The average Bonchev–Trinajstić information content (AvgIpc) is 2.94. The van der Waals surface area contributed by atoms with Gasteiger partial charge in [0, 0.05) is 7.11 Å². The first kappa shape index (κ1) is 27.4. The van der Waals surface area contributed by atoms with Crippen molar-refractivity contribution in [2.45, 2.75) is 46.0 Å². The lowest BCUT2D eigenvalue weighted by atomic mass is 9.91. The minimum atomic E-state index is 0.650. The first-order valence-electron chi connectivity index (χ1n) is 13.7. The molecule has 0 bridgehead atoms. The fourth-order valence-electron chi connectivity index (χ4n) is 5.01. The Balaban J connectivity index is 1.50. The molecular weight excluding hydrogens is 460 g/mol. The highest BCUT2D eigenvalue weighted by molar-refractivity contribution is 5.84. The smallest absolute Gasteiger partial charge is 0.0670 e. The summed E-state index contributed by atoms with van der Waals surface area (Å²) in [5.41, 5.74) is 13.6. The summed E-state index contributed by atoms with van der Waals surface area (Å²) in [5, 5.41) is 0.